The van der Waals surface area contributed by atoms with Gasteiger partial charge in [-0.05, 0) is 40.6 Å². The first-order valence-electron chi connectivity index (χ1n) is 7.37. The van der Waals surface area contributed by atoms with Crippen molar-refractivity contribution in [2.45, 2.75) is 0 Å². The third kappa shape index (κ3) is 3.20. The first-order chi connectivity index (χ1) is 11.7. The van der Waals surface area contributed by atoms with Gasteiger partial charge in [-0.3, -0.25) is 4.79 Å². The second kappa shape index (κ2) is 6.83. The number of phenolic OH excluding ortho intramolecular Hbond substituents is 1. The number of carbonyl (C=O) groups is 1. The molecule has 0 saturated heterocycles. The molecule has 3 aromatic carbocycles. The van der Waals surface area contributed by atoms with E-state index in [0.29, 0.717) is 16.9 Å². The lowest BCUT2D eigenvalue weighted by Gasteiger charge is -2.05. The average Bonchev–Trinajstić information content (AvgIpc) is 2.61. The van der Waals surface area contributed by atoms with E-state index in [4.69, 9.17) is 4.74 Å². The highest BCUT2D eigenvalue weighted by molar-refractivity contribution is 6.07. The van der Waals surface area contributed by atoms with Crippen LogP contribution in [0.2, 0.25) is 0 Å². The molecule has 120 valence electrons. The van der Waals surface area contributed by atoms with Crippen LogP contribution < -0.4 is 10.2 Å². The van der Waals surface area contributed by atoms with Crippen LogP contribution in [0.25, 0.3) is 10.8 Å². The monoisotopic (exact) mass is 320 g/mol. The van der Waals surface area contributed by atoms with E-state index < -0.39 is 0 Å². The number of carbonyl (C=O) groups excluding carboxylic acids is 1. The van der Waals surface area contributed by atoms with Crippen LogP contribution in [0.3, 0.4) is 0 Å². The maximum Gasteiger partial charge on any atom is 0.271 e. The summed E-state index contributed by atoms with van der Waals surface area (Å²) in [7, 11) is 1.48. The molecule has 0 aliphatic rings. The summed E-state index contributed by atoms with van der Waals surface area (Å²) >= 11 is 0. The van der Waals surface area contributed by atoms with Gasteiger partial charge in [0.15, 0.2) is 11.5 Å². The van der Waals surface area contributed by atoms with Crippen LogP contribution in [0.4, 0.5) is 0 Å². The number of hydrogen-bond acceptors (Lipinski definition) is 4. The van der Waals surface area contributed by atoms with Gasteiger partial charge in [0.25, 0.3) is 5.91 Å². The van der Waals surface area contributed by atoms with Gasteiger partial charge < -0.3 is 9.84 Å². The Labute approximate surface area is 139 Å². The molecule has 0 bridgehead atoms. The Balaban J connectivity index is 1.76. The SMILES string of the molecule is COc1ccc(/C=N\NC(=O)c2cccc3ccccc23)cc1O. The number of hydrogen-bond donors (Lipinski definition) is 2. The van der Waals surface area contributed by atoms with Crippen LogP contribution in [-0.4, -0.2) is 24.3 Å². The molecule has 5 heteroatoms. The van der Waals surface area contributed by atoms with Gasteiger partial charge in [-0.2, -0.15) is 5.10 Å². The van der Waals surface area contributed by atoms with Crippen LogP contribution in [0.1, 0.15) is 15.9 Å². The molecule has 3 aromatic rings. The Morgan fingerprint density at radius 1 is 1.12 bits per heavy atom. The van der Waals surface area contributed by atoms with Crippen molar-refractivity contribution in [3.05, 3.63) is 71.8 Å². The van der Waals surface area contributed by atoms with Gasteiger partial charge in [0, 0.05) is 5.56 Å². The quantitative estimate of drug-likeness (QED) is 0.572. The van der Waals surface area contributed by atoms with Crippen molar-refractivity contribution in [1.29, 1.82) is 0 Å². The van der Waals surface area contributed by atoms with Crippen LogP contribution in [0, 0.1) is 0 Å². The van der Waals surface area contributed by atoms with E-state index in [2.05, 4.69) is 10.5 Å². The van der Waals surface area contributed by atoms with E-state index >= 15 is 0 Å². The van der Waals surface area contributed by atoms with Gasteiger partial charge in [-0.1, -0.05) is 36.4 Å². The fourth-order valence-electron chi connectivity index (χ4n) is 2.44. The van der Waals surface area contributed by atoms with Gasteiger partial charge >= 0.3 is 0 Å². The maximum absolute atomic E-state index is 12.3. The molecule has 0 unspecified atom stereocenters. The average molecular weight is 320 g/mol. The standard InChI is InChI=1S/C19H16N2O3/c1-24-18-10-9-13(11-17(18)22)12-20-21-19(23)16-8-4-6-14-5-2-3-7-15(14)16/h2-12,22H,1H3,(H,21,23)/b20-12-. The van der Waals surface area contributed by atoms with Crippen molar-refractivity contribution in [3.63, 3.8) is 0 Å². The molecule has 2 N–H and O–H groups in total. The number of nitrogens with zero attached hydrogens (tertiary/aromatic N) is 1. The molecule has 0 aromatic heterocycles. The van der Waals surface area contributed by atoms with Crippen molar-refractivity contribution >= 4 is 22.9 Å². The number of fused-ring (bicyclic) bond motifs is 1. The summed E-state index contributed by atoms with van der Waals surface area (Å²) in [5.41, 5.74) is 3.71. The fraction of sp³-hybridized carbons (Fsp3) is 0.0526. The van der Waals surface area contributed by atoms with Crippen molar-refractivity contribution in [1.82, 2.24) is 5.43 Å². The number of aromatic hydroxyl groups is 1. The Bertz CT molecular complexity index is 914. The third-order valence-corrected chi connectivity index (χ3v) is 3.62. The topological polar surface area (TPSA) is 70.9 Å². The first-order valence-corrected chi connectivity index (χ1v) is 7.37. The molecule has 0 fully saturated rings. The van der Waals surface area contributed by atoms with E-state index in [1.807, 2.05) is 36.4 Å². The van der Waals surface area contributed by atoms with Crippen LogP contribution in [0.15, 0.2) is 65.8 Å². The minimum Gasteiger partial charge on any atom is -0.504 e. The Hall–Kier alpha value is -3.34. The predicted octanol–water partition coefficient (Wildman–Crippen LogP) is 3.32. The van der Waals surface area contributed by atoms with Crippen LogP contribution in [0.5, 0.6) is 11.5 Å². The molecule has 0 heterocycles. The first kappa shape index (κ1) is 15.6. The van der Waals surface area contributed by atoms with Gasteiger partial charge in [-0.15, -0.1) is 0 Å². The van der Waals surface area contributed by atoms with Crippen molar-refractivity contribution in [2.75, 3.05) is 7.11 Å². The molecule has 1 amide bonds. The summed E-state index contributed by atoms with van der Waals surface area (Å²) in [4.78, 5) is 12.3. The van der Waals surface area contributed by atoms with E-state index in [0.717, 1.165) is 10.8 Å². The van der Waals surface area contributed by atoms with Crippen LogP contribution in [-0.2, 0) is 0 Å². The zero-order valence-corrected chi connectivity index (χ0v) is 13.1. The number of ether oxygens (including phenoxy) is 1. The number of benzene rings is 3. The third-order valence-electron chi connectivity index (χ3n) is 3.62. The molecule has 0 radical (unpaired) electrons. The number of hydrazone groups is 1. The van der Waals surface area contributed by atoms with Crippen molar-refractivity contribution < 1.29 is 14.6 Å². The largest absolute Gasteiger partial charge is 0.504 e. The predicted molar refractivity (Wildman–Crippen MR) is 93.7 cm³/mol. The minimum atomic E-state index is -0.291. The highest BCUT2D eigenvalue weighted by atomic mass is 16.5. The maximum atomic E-state index is 12.3. The highest BCUT2D eigenvalue weighted by Crippen LogP contribution is 2.25. The van der Waals surface area contributed by atoms with E-state index in [1.54, 1.807) is 18.2 Å². The van der Waals surface area contributed by atoms with Crippen LogP contribution >= 0.6 is 0 Å². The second-order valence-corrected chi connectivity index (χ2v) is 5.16. The number of phenols is 1. The van der Waals surface area contributed by atoms with E-state index in [-0.39, 0.29) is 11.7 Å². The lowest BCUT2D eigenvalue weighted by Crippen LogP contribution is -2.17. The number of rotatable bonds is 4. The smallest absolute Gasteiger partial charge is 0.271 e. The van der Waals surface area contributed by atoms with Gasteiger partial charge in [0.05, 0.1) is 13.3 Å². The van der Waals surface area contributed by atoms with Gasteiger partial charge in [0.2, 0.25) is 0 Å². The van der Waals surface area contributed by atoms with E-state index in [9.17, 15) is 9.90 Å². The number of nitrogens with one attached hydrogen (secondary N) is 1. The molecule has 0 spiro atoms. The summed E-state index contributed by atoms with van der Waals surface area (Å²) < 4.78 is 4.98. The molecule has 0 atom stereocenters. The summed E-state index contributed by atoms with van der Waals surface area (Å²) in [5, 5.41) is 15.5. The zero-order valence-electron chi connectivity index (χ0n) is 13.1. The molecule has 3 rings (SSSR count). The Morgan fingerprint density at radius 2 is 1.92 bits per heavy atom. The fourth-order valence-corrected chi connectivity index (χ4v) is 2.44. The van der Waals surface area contributed by atoms with Crippen molar-refractivity contribution in [2.24, 2.45) is 5.10 Å². The summed E-state index contributed by atoms with van der Waals surface area (Å²) in [6, 6.07) is 18.1. The zero-order chi connectivity index (χ0) is 16.9. The summed E-state index contributed by atoms with van der Waals surface area (Å²) in [6.07, 6.45) is 1.46. The highest BCUT2D eigenvalue weighted by Gasteiger charge is 2.08. The summed E-state index contributed by atoms with van der Waals surface area (Å²) in [5.74, 6) is 0.106. The second-order valence-electron chi connectivity index (χ2n) is 5.16. The molecular weight excluding hydrogens is 304 g/mol. The summed E-state index contributed by atoms with van der Waals surface area (Å²) in [6.45, 7) is 0. The normalized spacial score (nSPS) is 10.9. The molecule has 5 nitrogen and oxygen atoms in total. The van der Waals surface area contributed by atoms with E-state index in [1.165, 1.54) is 19.4 Å². The lowest BCUT2D eigenvalue weighted by atomic mass is 10.0. The lowest BCUT2D eigenvalue weighted by molar-refractivity contribution is 0.0957. The Morgan fingerprint density at radius 3 is 2.71 bits per heavy atom. The molecular formula is C19H16N2O3. The number of methoxy groups -OCH3 is 1. The molecule has 24 heavy (non-hydrogen) atoms. The Kier molecular flexibility index (Phi) is 4.43. The molecule has 0 saturated carbocycles. The minimum absolute atomic E-state index is 0.0156. The van der Waals surface area contributed by atoms with Gasteiger partial charge in [0.1, 0.15) is 0 Å². The molecule has 0 aliphatic heterocycles. The number of amides is 1. The van der Waals surface area contributed by atoms with Crippen molar-refractivity contribution in [3.8, 4) is 11.5 Å². The molecule has 0 aliphatic carbocycles. The van der Waals surface area contributed by atoms with Gasteiger partial charge in [-0.25, -0.2) is 5.43 Å².